The zero-order chi connectivity index (χ0) is 21.4. The molecule has 0 fully saturated rings. The first-order valence-corrected chi connectivity index (χ1v) is 9.34. The van der Waals surface area contributed by atoms with E-state index >= 15 is 0 Å². The molecule has 3 rings (SSSR count). The Bertz CT molecular complexity index is 889. The predicted octanol–water partition coefficient (Wildman–Crippen LogP) is 3.77. The molecular weight excluding hydrogens is 462 g/mol. The minimum absolute atomic E-state index is 0.175. The predicted molar refractivity (Wildman–Crippen MR) is 99.5 cm³/mol. The summed E-state index contributed by atoms with van der Waals surface area (Å²) in [5.41, 5.74) is 1.92. The van der Waals surface area contributed by atoms with Crippen molar-refractivity contribution in [2.75, 3.05) is 6.61 Å². The maximum Gasteiger partial charge on any atom is 0.425 e. The van der Waals surface area contributed by atoms with Crippen molar-refractivity contribution in [2.24, 2.45) is 16.1 Å². The average molecular weight is 480 g/mol. The Morgan fingerprint density at radius 1 is 1.41 bits per heavy atom. The first-order valence-electron chi connectivity index (χ1n) is 8.55. The van der Waals surface area contributed by atoms with Gasteiger partial charge >= 0.3 is 6.18 Å². The molecule has 0 amide bonds. The van der Waals surface area contributed by atoms with Crippen LogP contribution in [0.15, 0.2) is 51.5 Å². The molecule has 29 heavy (non-hydrogen) atoms. The number of ether oxygens (including phenoxy) is 2. The molecule has 2 heterocycles. The van der Waals surface area contributed by atoms with Crippen molar-refractivity contribution < 1.29 is 32.1 Å². The van der Waals surface area contributed by atoms with Gasteiger partial charge in [0.25, 0.3) is 6.02 Å². The Hall–Kier alpha value is -2.14. The number of allylic oxidation sites excluding steroid dienone is 3. The summed E-state index contributed by atoms with van der Waals surface area (Å²) in [7, 11) is 0. The number of pyridine rings is 1. The van der Waals surface area contributed by atoms with Gasteiger partial charge in [0.1, 0.15) is 17.1 Å². The summed E-state index contributed by atoms with van der Waals surface area (Å²) in [6.45, 7) is 0.499. The van der Waals surface area contributed by atoms with Gasteiger partial charge in [0.15, 0.2) is 6.10 Å². The molecule has 158 valence electrons. The van der Waals surface area contributed by atoms with E-state index in [1.54, 1.807) is 12.1 Å². The van der Waals surface area contributed by atoms with Crippen molar-refractivity contribution in [1.82, 2.24) is 4.98 Å². The van der Waals surface area contributed by atoms with Gasteiger partial charge in [0, 0.05) is 29.6 Å². The average Bonchev–Trinajstić information content (AvgIpc) is 2.63. The minimum Gasteiger partial charge on any atom is -0.452 e. The number of aliphatic imine (C=N–C) groups is 1. The summed E-state index contributed by atoms with van der Waals surface area (Å²) in [6, 6.07) is 2.51. The Morgan fingerprint density at radius 3 is 2.76 bits per heavy atom. The van der Waals surface area contributed by atoms with E-state index in [0.717, 1.165) is 6.08 Å². The molecule has 0 radical (unpaired) electrons. The Balaban J connectivity index is 1.96. The highest BCUT2D eigenvalue weighted by molar-refractivity contribution is 9.10. The van der Waals surface area contributed by atoms with Crippen LogP contribution in [0, 0.1) is 5.41 Å². The standard InChI is InChI=1S/C18H18BrF4N3O3/c1-16(17(9-27)8-13(18(21,22)23)29-15(24)26-17)7-11(2-3-12(16)20)28-14-6-10(19)4-5-25-14/h2-6,13,27H,7-9H2,1H3,(H2,24,26)/t13-,16?,17+/m0/s1. The molecule has 2 aliphatic rings. The van der Waals surface area contributed by atoms with Gasteiger partial charge < -0.3 is 20.3 Å². The number of aliphatic hydroxyl groups is 1. The molecule has 3 N–H and O–H groups in total. The van der Waals surface area contributed by atoms with Gasteiger partial charge in [-0.25, -0.2) is 14.4 Å². The van der Waals surface area contributed by atoms with Gasteiger partial charge in [-0.05, 0) is 18.2 Å². The van der Waals surface area contributed by atoms with Crippen LogP contribution in [-0.4, -0.2) is 40.5 Å². The highest BCUT2D eigenvalue weighted by Gasteiger charge is 2.59. The van der Waals surface area contributed by atoms with E-state index in [1.165, 1.54) is 19.2 Å². The smallest absolute Gasteiger partial charge is 0.425 e. The third-order valence-electron chi connectivity index (χ3n) is 5.17. The number of halogens is 5. The highest BCUT2D eigenvalue weighted by atomic mass is 79.9. The number of aromatic nitrogens is 1. The van der Waals surface area contributed by atoms with Crippen LogP contribution in [-0.2, 0) is 4.74 Å². The second-order valence-corrected chi connectivity index (χ2v) is 7.98. The van der Waals surface area contributed by atoms with E-state index in [9.17, 15) is 22.7 Å². The van der Waals surface area contributed by atoms with Crippen molar-refractivity contribution in [3.63, 3.8) is 0 Å². The van der Waals surface area contributed by atoms with Crippen LogP contribution in [0.1, 0.15) is 19.8 Å². The fourth-order valence-electron chi connectivity index (χ4n) is 3.46. The van der Waals surface area contributed by atoms with Crippen LogP contribution < -0.4 is 10.5 Å². The van der Waals surface area contributed by atoms with E-state index < -0.39 is 48.1 Å². The zero-order valence-electron chi connectivity index (χ0n) is 15.2. The van der Waals surface area contributed by atoms with Gasteiger partial charge in [0.05, 0.1) is 12.0 Å². The van der Waals surface area contributed by atoms with Crippen LogP contribution in [0.4, 0.5) is 17.6 Å². The second kappa shape index (κ2) is 7.60. The molecule has 3 atom stereocenters. The van der Waals surface area contributed by atoms with Crippen molar-refractivity contribution in [3.05, 3.63) is 46.5 Å². The number of amidine groups is 1. The van der Waals surface area contributed by atoms with Gasteiger partial charge in [0.2, 0.25) is 5.88 Å². The number of nitrogens with two attached hydrogens (primary N) is 1. The molecule has 6 nitrogen and oxygen atoms in total. The van der Waals surface area contributed by atoms with Gasteiger partial charge in [-0.2, -0.15) is 13.2 Å². The van der Waals surface area contributed by atoms with Crippen molar-refractivity contribution in [1.29, 1.82) is 0 Å². The topological polar surface area (TPSA) is 90.0 Å². The molecule has 0 spiro atoms. The number of hydrogen-bond acceptors (Lipinski definition) is 6. The number of aliphatic hydroxyl groups excluding tert-OH is 1. The summed E-state index contributed by atoms with van der Waals surface area (Å²) in [5, 5.41) is 10.0. The largest absolute Gasteiger partial charge is 0.452 e. The normalized spacial score (nSPS) is 30.0. The summed E-state index contributed by atoms with van der Waals surface area (Å²) < 4.78 is 65.9. The monoisotopic (exact) mass is 479 g/mol. The Labute approximate surface area is 172 Å². The minimum atomic E-state index is -4.76. The molecule has 0 aromatic carbocycles. The van der Waals surface area contributed by atoms with Crippen LogP contribution in [0.25, 0.3) is 0 Å². The Morgan fingerprint density at radius 2 is 2.14 bits per heavy atom. The maximum atomic E-state index is 15.0. The van der Waals surface area contributed by atoms with Gasteiger partial charge in [-0.15, -0.1) is 0 Å². The molecule has 1 aromatic rings. The van der Waals surface area contributed by atoms with Crippen molar-refractivity contribution in [3.8, 4) is 5.88 Å². The molecule has 1 aliphatic carbocycles. The van der Waals surface area contributed by atoms with E-state index in [1.807, 2.05) is 0 Å². The molecule has 0 saturated carbocycles. The van der Waals surface area contributed by atoms with Crippen LogP contribution in [0.3, 0.4) is 0 Å². The molecule has 11 heteroatoms. The lowest BCUT2D eigenvalue weighted by Gasteiger charge is -2.48. The molecule has 1 aliphatic heterocycles. The van der Waals surface area contributed by atoms with Crippen LogP contribution >= 0.6 is 15.9 Å². The Kier molecular flexibility index (Phi) is 5.65. The van der Waals surface area contributed by atoms with E-state index in [-0.39, 0.29) is 18.1 Å². The molecule has 1 unspecified atom stereocenters. The first kappa shape index (κ1) is 21.6. The maximum absolute atomic E-state index is 15.0. The fraction of sp³-hybridized carbons (Fsp3) is 0.444. The number of rotatable bonds is 4. The van der Waals surface area contributed by atoms with E-state index in [4.69, 9.17) is 10.5 Å². The number of hydrogen-bond donors (Lipinski definition) is 2. The fourth-order valence-corrected chi connectivity index (χ4v) is 3.77. The summed E-state index contributed by atoms with van der Waals surface area (Å²) >= 11 is 3.28. The zero-order valence-corrected chi connectivity index (χ0v) is 16.8. The highest BCUT2D eigenvalue weighted by Crippen LogP contribution is 2.53. The lowest BCUT2D eigenvalue weighted by atomic mass is 9.63. The third-order valence-corrected chi connectivity index (χ3v) is 5.66. The first-order chi connectivity index (χ1) is 13.5. The summed E-state index contributed by atoms with van der Waals surface area (Å²) in [5.74, 6) is -0.290. The molecule has 0 bridgehead atoms. The van der Waals surface area contributed by atoms with Crippen molar-refractivity contribution >= 4 is 22.0 Å². The van der Waals surface area contributed by atoms with Gasteiger partial charge in [-0.1, -0.05) is 22.9 Å². The van der Waals surface area contributed by atoms with E-state index in [2.05, 4.69) is 30.6 Å². The molecular formula is C18H18BrF4N3O3. The number of alkyl halides is 3. The lowest BCUT2D eigenvalue weighted by Crippen LogP contribution is -2.58. The quantitative estimate of drug-likeness (QED) is 0.641. The molecule has 0 saturated heterocycles. The van der Waals surface area contributed by atoms with Gasteiger partial charge in [-0.3, -0.25) is 0 Å². The van der Waals surface area contributed by atoms with Crippen molar-refractivity contribution in [2.45, 2.75) is 37.6 Å². The van der Waals surface area contributed by atoms with Crippen LogP contribution in [0.2, 0.25) is 0 Å². The van der Waals surface area contributed by atoms with E-state index in [0.29, 0.717) is 4.47 Å². The number of nitrogens with zero attached hydrogens (tertiary/aromatic N) is 2. The lowest BCUT2D eigenvalue weighted by molar-refractivity contribution is -0.213. The summed E-state index contributed by atoms with van der Waals surface area (Å²) in [6.07, 6.45) is -4.12. The van der Waals surface area contributed by atoms with Crippen LogP contribution in [0.5, 0.6) is 5.88 Å². The molecule has 1 aromatic heterocycles. The third kappa shape index (κ3) is 4.11. The summed E-state index contributed by atoms with van der Waals surface area (Å²) in [4.78, 5) is 7.97. The SMILES string of the molecule is CC1([C@]2(CO)C[C@@H](C(F)(F)F)OC(N)=N2)CC(Oc2cc(Br)ccn2)=CC=C1F. The second-order valence-electron chi connectivity index (χ2n) is 7.06.